The van der Waals surface area contributed by atoms with Crippen LogP contribution in [0.1, 0.15) is 63.9 Å². The van der Waals surface area contributed by atoms with Gasteiger partial charge in [0.15, 0.2) is 0 Å². The fourth-order valence-electron chi connectivity index (χ4n) is 4.79. The molecule has 2 N–H and O–H groups in total. The van der Waals surface area contributed by atoms with Crippen molar-refractivity contribution in [2.24, 2.45) is 11.8 Å². The van der Waals surface area contributed by atoms with Crippen LogP contribution in [0.3, 0.4) is 0 Å². The van der Waals surface area contributed by atoms with Crippen LogP contribution >= 0.6 is 0 Å². The van der Waals surface area contributed by atoms with Gasteiger partial charge in [0.05, 0.1) is 13.2 Å². The lowest BCUT2D eigenvalue weighted by Crippen LogP contribution is -2.46. The highest BCUT2D eigenvalue weighted by Gasteiger charge is 2.30. The van der Waals surface area contributed by atoms with Crippen LogP contribution in [-0.2, 0) is 14.3 Å². The number of hydrogen-bond donors (Lipinski definition) is 2. The second-order valence-corrected chi connectivity index (χ2v) is 9.49. The summed E-state index contributed by atoms with van der Waals surface area (Å²) in [5, 5.41) is 6.69. The van der Waals surface area contributed by atoms with E-state index in [1.54, 1.807) is 0 Å². The lowest BCUT2D eigenvalue weighted by molar-refractivity contribution is -0.140. The molecule has 1 aromatic rings. The van der Waals surface area contributed by atoms with Crippen molar-refractivity contribution in [3.63, 3.8) is 0 Å². The summed E-state index contributed by atoms with van der Waals surface area (Å²) in [7, 11) is 0. The number of anilines is 1. The Morgan fingerprint density at radius 1 is 1.09 bits per heavy atom. The summed E-state index contributed by atoms with van der Waals surface area (Å²) < 4.78 is 5.38. The van der Waals surface area contributed by atoms with Gasteiger partial charge in [0.1, 0.15) is 0 Å². The van der Waals surface area contributed by atoms with E-state index in [0.29, 0.717) is 45.2 Å². The molecule has 1 aliphatic carbocycles. The van der Waals surface area contributed by atoms with Gasteiger partial charge in [-0.25, -0.2) is 0 Å². The van der Waals surface area contributed by atoms with E-state index < -0.39 is 0 Å². The Labute approximate surface area is 193 Å². The van der Waals surface area contributed by atoms with Crippen molar-refractivity contribution in [3.8, 4) is 0 Å². The molecule has 6 heteroatoms. The number of aryl methyl sites for hydroxylation is 1. The summed E-state index contributed by atoms with van der Waals surface area (Å²) in [6.45, 7) is 7.30. The molecule has 0 unspecified atom stereocenters. The molecule has 32 heavy (non-hydrogen) atoms. The van der Waals surface area contributed by atoms with Gasteiger partial charge in [-0.2, -0.15) is 0 Å². The number of carbonyl (C=O) groups is 2. The molecular formula is C26H41N3O3. The van der Waals surface area contributed by atoms with Crippen LogP contribution < -0.4 is 10.6 Å². The molecule has 0 spiro atoms. The molecule has 0 aromatic heterocycles. The molecule has 0 bridgehead atoms. The summed E-state index contributed by atoms with van der Waals surface area (Å²) in [6, 6.07) is 8.34. The first-order valence-corrected chi connectivity index (χ1v) is 12.5. The smallest absolute Gasteiger partial charge is 0.223 e. The number of morpholine rings is 1. The predicted octanol–water partition coefficient (Wildman–Crippen LogP) is 4.14. The summed E-state index contributed by atoms with van der Waals surface area (Å²) >= 11 is 0. The van der Waals surface area contributed by atoms with E-state index in [2.05, 4.69) is 48.7 Å². The summed E-state index contributed by atoms with van der Waals surface area (Å²) in [5.41, 5.74) is 2.29. The zero-order chi connectivity index (χ0) is 22.8. The van der Waals surface area contributed by atoms with Crippen LogP contribution in [0.2, 0.25) is 0 Å². The summed E-state index contributed by atoms with van der Waals surface area (Å²) in [6.07, 6.45) is 8.13. The molecule has 3 rings (SSSR count). The lowest BCUT2D eigenvalue weighted by atomic mass is 9.81. The number of ether oxygens (including phenoxy) is 1. The van der Waals surface area contributed by atoms with E-state index in [-0.39, 0.29) is 23.8 Å². The molecule has 178 valence electrons. The fourth-order valence-corrected chi connectivity index (χ4v) is 4.79. The Morgan fingerprint density at radius 2 is 1.78 bits per heavy atom. The van der Waals surface area contributed by atoms with Gasteiger partial charge in [0, 0.05) is 43.7 Å². The van der Waals surface area contributed by atoms with Gasteiger partial charge >= 0.3 is 0 Å². The van der Waals surface area contributed by atoms with Crippen LogP contribution in [-0.4, -0.2) is 55.6 Å². The normalized spacial score (nSPS) is 19.2. The average Bonchev–Trinajstić information content (AvgIpc) is 2.83. The largest absolute Gasteiger partial charge is 0.383 e. The number of amides is 2. The van der Waals surface area contributed by atoms with Crippen molar-refractivity contribution in [3.05, 3.63) is 29.8 Å². The van der Waals surface area contributed by atoms with E-state index in [1.807, 2.05) is 4.90 Å². The van der Waals surface area contributed by atoms with Crippen LogP contribution in [0, 0.1) is 18.8 Å². The third-order valence-electron chi connectivity index (χ3n) is 6.94. The van der Waals surface area contributed by atoms with Crippen molar-refractivity contribution >= 4 is 17.5 Å². The van der Waals surface area contributed by atoms with Gasteiger partial charge < -0.3 is 20.3 Å². The van der Waals surface area contributed by atoms with Crippen LogP contribution in [0.4, 0.5) is 5.69 Å². The molecule has 2 aliphatic rings. The highest BCUT2D eigenvalue weighted by molar-refractivity contribution is 5.86. The average molecular weight is 444 g/mol. The molecule has 1 saturated carbocycles. The molecule has 2 amide bonds. The van der Waals surface area contributed by atoms with E-state index in [1.165, 1.54) is 37.7 Å². The first-order valence-electron chi connectivity index (χ1n) is 12.5. The zero-order valence-corrected chi connectivity index (χ0v) is 19.9. The number of rotatable bonds is 10. The standard InChI is InChI=1S/C26H41N3O3/c1-3-23(19-27-24-11-9-20(2)10-12-24)28-26(31)22(17-21-7-5-4-6-8-21)18-25(30)29-13-15-32-16-14-29/h9-12,21-23,27H,3-8,13-19H2,1-2H3,(H,28,31)/t22-,23+/m1/s1. The quantitative estimate of drug-likeness (QED) is 0.570. The van der Waals surface area contributed by atoms with Crippen LogP contribution in [0.5, 0.6) is 0 Å². The number of hydrogen-bond acceptors (Lipinski definition) is 4. The summed E-state index contributed by atoms with van der Waals surface area (Å²) in [5.74, 6) is 0.439. The maximum Gasteiger partial charge on any atom is 0.223 e. The number of nitrogens with zero attached hydrogens (tertiary/aromatic N) is 1. The number of nitrogens with one attached hydrogen (secondary N) is 2. The number of benzene rings is 1. The van der Waals surface area contributed by atoms with Gasteiger partial charge in [-0.1, -0.05) is 56.7 Å². The molecule has 1 aliphatic heterocycles. The second-order valence-electron chi connectivity index (χ2n) is 9.49. The maximum atomic E-state index is 13.3. The molecule has 2 fully saturated rings. The van der Waals surface area contributed by atoms with E-state index >= 15 is 0 Å². The van der Waals surface area contributed by atoms with Gasteiger partial charge in [0.25, 0.3) is 0 Å². The minimum absolute atomic E-state index is 0.0368. The Hall–Kier alpha value is -2.08. The van der Waals surface area contributed by atoms with E-state index in [4.69, 9.17) is 4.74 Å². The molecule has 1 aromatic carbocycles. The van der Waals surface area contributed by atoms with Crippen molar-refractivity contribution < 1.29 is 14.3 Å². The first-order chi connectivity index (χ1) is 15.5. The Kier molecular flexibility index (Phi) is 9.85. The molecule has 6 nitrogen and oxygen atoms in total. The third kappa shape index (κ3) is 7.80. The topological polar surface area (TPSA) is 70.7 Å². The van der Waals surface area contributed by atoms with Crippen molar-refractivity contribution in [2.45, 2.75) is 71.3 Å². The maximum absolute atomic E-state index is 13.3. The molecule has 1 heterocycles. The lowest BCUT2D eigenvalue weighted by Gasteiger charge is -2.31. The van der Waals surface area contributed by atoms with Gasteiger partial charge in [0.2, 0.25) is 11.8 Å². The minimum Gasteiger partial charge on any atom is -0.383 e. The minimum atomic E-state index is -0.248. The molecule has 1 saturated heterocycles. The summed E-state index contributed by atoms with van der Waals surface area (Å²) in [4.78, 5) is 28.1. The molecule has 0 radical (unpaired) electrons. The highest BCUT2D eigenvalue weighted by atomic mass is 16.5. The van der Waals surface area contributed by atoms with Crippen LogP contribution in [0.25, 0.3) is 0 Å². The van der Waals surface area contributed by atoms with Crippen molar-refractivity contribution in [1.82, 2.24) is 10.2 Å². The second kappa shape index (κ2) is 12.8. The Morgan fingerprint density at radius 3 is 2.44 bits per heavy atom. The van der Waals surface area contributed by atoms with E-state index in [9.17, 15) is 9.59 Å². The van der Waals surface area contributed by atoms with Crippen molar-refractivity contribution in [2.75, 3.05) is 38.2 Å². The zero-order valence-electron chi connectivity index (χ0n) is 19.9. The van der Waals surface area contributed by atoms with E-state index in [0.717, 1.165) is 18.5 Å². The molecular weight excluding hydrogens is 402 g/mol. The van der Waals surface area contributed by atoms with Crippen molar-refractivity contribution in [1.29, 1.82) is 0 Å². The monoisotopic (exact) mass is 443 g/mol. The highest BCUT2D eigenvalue weighted by Crippen LogP contribution is 2.30. The van der Waals surface area contributed by atoms with Crippen LogP contribution in [0.15, 0.2) is 24.3 Å². The third-order valence-corrected chi connectivity index (χ3v) is 6.94. The first kappa shape index (κ1) is 24.6. The Bertz CT molecular complexity index is 710. The number of carbonyl (C=O) groups excluding carboxylic acids is 2. The SMILES string of the molecule is CC[C@@H](CNc1ccc(C)cc1)NC(=O)[C@@H](CC(=O)N1CCOCC1)CC1CCCCC1. The predicted molar refractivity (Wildman–Crippen MR) is 129 cm³/mol. The van der Waals surface area contributed by atoms with Gasteiger partial charge in [-0.3, -0.25) is 9.59 Å². The fraction of sp³-hybridized carbons (Fsp3) is 0.692. The Balaban J connectivity index is 1.58. The van der Waals surface area contributed by atoms with Gasteiger partial charge in [-0.05, 0) is 37.8 Å². The molecule has 2 atom stereocenters. The van der Waals surface area contributed by atoms with Gasteiger partial charge in [-0.15, -0.1) is 0 Å².